The molecule has 5 rings (SSSR count). The number of hydrogen-bond donors (Lipinski definition) is 2. The molecule has 2 aromatic heterocycles. The van der Waals surface area contributed by atoms with Crippen LogP contribution < -0.4 is 10.6 Å². The number of nitrogens with zero attached hydrogens (tertiary/aromatic N) is 5. The highest BCUT2D eigenvalue weighted by Gasteiger charge is 2.16. The van der Waals surface area contributed by atoms with Gasteiger partial charge in [0.1, 0.15) is 10.8 Å². The number of aromatic nitrogens is 4. The second-order valence-corrected chi connectivity index (χ2v) is 8.82. The van der Waals surface area contributed by atoms with Crippen molar-refractivity contribution in [1.82, 2.24) is 24.9 Å². The predicted molar refractivity (Wildman–Crippen MR) is 136 cm³/mol. The van der Waals surface area contributed by atoms with E-state index in [1.165, 1.54) is 11.1 Å². The van der Waals surface area contributed by atoms with Gasteiger partial charge in [-0.25, -0.2) is 4.98 Å². The summed E-state index contributed by atoms with van der Waals surface area (Å²) < 4.78 is 1.88. The van der Waals surface area contributed by atoms with Crippen molar-refractivity contribution in [3.05, 3.63) is 101 Å². The number of carbonyl (C=O) groups excluding carboxylic acids is 1. The van der Waals surface area contributed by atoms with Crippen LogP contribution in [0.25, 0.3) is 0 Å². The molecule has 0 atom stereocenters. The summed E-state index contributed by atoms with van der Waals surface area (Å²) in [4.78, 5) is 19.1. The number of fused-ring (bicyclic) bond motifs is 1. The fraction of sp³-hybridized carbons (Fsp3) is 0.231. The molecule has 3 heterocycles. The van der Waals surface area contributed by atoms with Crippen LogP contribution in [0.1, 0.15) is 27.2 Å². The molecule has 0 spiro atoms. The number of pyridine rings is 1. The third kappa shape index (κ3) is 5.67. The van der Waals surface area contributed by atoms with Crippen LogP contribution in [0.15, 0.2) is 73.1 Å². The standard InChI is InChI=1S/C26H26ClN7O/c27-25-22(8-5-12-28-25)26(35)30-24-10-4-3-9-23(24)29-16-21-18-34(32-31-21)15-14-33-13-11-19-6-1-2-7-20(19)17-33/h1-10,12,18,29H,11,13-17H2,(H,30,35). The van der Waals surface area contributed by atoms with E-state index in [0.29, 0.717) is 17.8 Å². The van der Waals surface area contributed by atoms with E-state index in [1.807, 2.05) is 35.1 Å². The van der Waals surface area contributed by atoms with Crippen molar-refractivity contribution in [2.75, 3.05) is 23.7 Å². The van der Waals surface area contributed by atoms with E-state index >= 15 is 0 Å². The lowest BCUT2D eigenvalue weighted by Gasteiger charge is -2.28. The molecule has 0 radical (unpaired) electrons. The van der Waals surface area contributed by atoms with Gasteiger partial charge in [0.05, 0.1) is 36.2 Å². The summed E-state index contributed by atoms with van der Waals surface area (Å²) in [7, 11) is 0. The Balaban J connectivity index is 1.15. The van der Waals surface area contributed by atoms with Gasteiger partial charge < -0.3 is 10.6 Å². The number of hydrogen-bond acceptors (Lipinski definition) is 6. The Morgan fingerprint density at radius 1 is 0.971 bits per heavy atom. The Morgan fingerprint density at radius 3 is 2.63 bits per heavy atom. The maximum atomic E-state index is 12.6. The minimum absolute atomic E-state index is 0.167. The van der Waals surface area contributed by atoms with Gasteiger partial charge in [-0.15, -0.1) is 5.10 Å². The molecule has 0 unspecified atom stereocenters. The zero-order chi connectivity index (χ0) is 24.0. The zero-order valence-corrected chi connectivity index (χ0v) is 19.9. The quantitative estimate of drug-likeness (QED) is 0.361. The van der Waals surface area contributed by atoms with Crippen molar-refractivity contribution in [2.24, 2.45) is 0 Å². The van der Waals surface area contributed by atoms with Crippen molar-refractivity contribution in [2.45, 2.75) is 26.1 Å². The summed E-state index contributed by atoms with van der Waals surface area (Å²) in [6, 6.07) is 19.5. The predicted octanol–water partition coefficient (Wildman–Crippen LogP) is 4.25. The summed E-state index contributed by atoms with van der Waals surface area (Å²) in [6.45, 7) is 4.24. The van der Waals surface area contributed by atoms with Crippen molar-refractivity contribution >= 4 is 28.9 Å². The summed E-state index contributed by atoms with van der Waals surface area (Å²) >= 11 is 6.06. The Bertz CT molecular complexity index is 1320. The van der Waals surface area contributed by atoms with Crippen molar-refractivity contribution < 1.29 is 4.79 Å². The van der Waals surface area contributed by atoms with E-state index in [1.54, 1.807) is 18.3 Å². The third-order valence-electron chi connectivity index (χ3n) is 6.08. The molecule has 9 heteroatoms. The highest BCUT2D eigenvalue weighted by Crippen LogP contribution is 2.23. The van der Waals surface area contributed by atoms with E-state index in [2.05, 4.69) is 55.1 Å². The highest BCUT2D eigenvalue weighted by atomic mass is 35.5. The molecule has 0 saturated carbocycles. The third-order valence-corrected chi connectivity index (χ3v) is 6.38. The molecule has 0 aliphatic carbocycles. The Labute approximate surface area is 208 Å². The van der Waals surface area contributed by atoms with Crippen LogP contribution in [-0.4, -0.2) is 43.9 Å². The Hall–Kier alpha value is -3.75. The summed E-state index contributed by atoms with van der Waals surface area (Å²) in [5.74, 6) is -0.316. The van der Waals surface area contributed by atoms with Crippen molar-refractivity contribution in [1.29, 1.82) is 0 Å². The van der Waals surface area contributed by atoms with Gasteiger partial charge in [-0.1, -0.05) is 53.2 Å². The Morgan fingerprint density at radius 2 is 1.77 bits per heavy atom. The van der Waals surface area contributed by atoms with E-state index in [0.717, 1.165) is 44.0 Å². The lowest BCUT2D eigenvalue weighted by atomic mass is 10.00. The van der Waals surface area contributed by atoms with Gasteiger partial charge in [-0.2, -0.15) is 0 Å². The average Bonchev–Trinajstić information content (AvgIpc) is 3.35. The molecule has 4 aromatic rings. The first kappa shape index (κ1) is 23.0. The SMILES string of the molecule is O=C(Nc1ccccc1NCc1cn(CCN2CCc3ccccc3C2)nn1)c1cccnc1Cl. The number of carbonyl (C=O) groups is 1. The van der Waals surface area contributed by atoms with Crippen LogP contribution >= 0.6 is 11.6 Å². The van der Waals surface area contributed by atoms with E-state index < -0.39 is 0 Å². The lowest BCUT2D eigenvalue weighted by molar-refractivity contribution is 0.102. The number of anilines is 2. The van der Waals surface area contributed by atoms with Gasteiger partial charge in [-0.05, 0) is 41.8 Å². The average molecular weight is 488 g/mol. The molecule has 1 aliphatic heterocycles. The minimum Gasteiger partial charge on any atom is -0.378 e. The maximum absolute atomic E-state index is 12.6. The molecular weight excluding hydrogens is 462 g/mol. The normalized spacial score (nSPS) is 13.3. The first-order valence-corrected chi connectivity index (χ1v) is 12.0. The van der Waals surface area contributed by atoms with Crippen LogP contribution in [-0.2, 0) is 26.1 Å². The number of benzene rings is 2. The number of nitrogens with one attached hydrogen (secondary N) is 2. The monoisotopic (exact) mass is 487 g/mol. The number of rotatable bonds is 8. The molecule has 35 heavy (non-hydrogen) atoms. The number of para-hydroxylation sites is 2. The molecule has 2 N–H and O–H groups in total. The van der Waals surface area contributed by atoms with E-state index in [4.69, 9.17) is 11.6 Å². The van der Waals surface area contributed by atoms with Crippen LogP contribution in [0.5, 0.6) is 0 Å². The van der Waals surface area contributed by atoms with Crippen LogP contribution in [0.2, 0.25) is 5.15 Å². The molecule has 0 bridgehead atoms. The largest absolute Gasteiger partial charge is 0.378 e. The first-order valence-electron chi connectivity index (χ1n) is 11.6. The highest BCUT2D eigenvalue weighted by molar-refractivity contribution is 6.33. The Kier molecular flexibility index (Phi) is 7.02. The van der Waals surface area contributed by atoms with Gasteiger partial charge in [0.2, 0.25) is 0 Å². The molecule has 178 valence electrons. The molecule has 0 saturated heterocycles. The second-order valence-electron chi connectivity index (χ2n) is 8.46. The van der Waals surface area contributed by atoms with Gasteiger partial charge >= 0.3 is 0 Å². The zero-order valence-electron chi connectivity index (χ0n) is 19.2. The molecule has 2 aromatic carbocycles. The van der Waals surface area contributed by atoms with Crippen LogP contribution in [0.3, 0.4) is 0 Å². The smallest absolute Gasteiger partial charge is 0.258 e. The molecule has 1 amide bonds. The number of amides is 1. The fourth-order valence-corrected chi connectivity index (χ4v) is 4.40. The van der Waals surface area contributed by atoms with Crippen LogP contribution in [0.4, 0.5) is 11.4 Å². The molecule has 0 fully saturated rings. The van der Waals surface area contributed by atoms with Crippen molar-refractivity contribution in [3.8, 4) is 0 Å². The fourth-order valence-electron chi connectivity index (χ4n) is 4.19. The van der Waals surface area contributed by atoms with Crippen LogP contribution in [0, 0.1) is 0 Å². The molecule has 8 nitrogen and oxygen atoms in total. The molecule has 1 aliphatic rings. The van der Waals surface area contributed by atoms with Gasteiger partial charge in [0.25, 0.3) is 5.91 Å². The number of halogens is 1. The summed E-state index contributed by atoms with van der Waals surface area (Å²) in [5, 5.41) is 15.0. The summed E-state index contributed by atoms with van der Waals surface area (Å²) in [6.07, 6.45) is 4.60. The van der Waals surface area contributed by atoms with Crippen molar-refractivity contribution in [3.63, 3.8) is 0 Å². The summed E-state index contributed by atoms with van der Waals surface area (Å²) in [5.41, 5.74) is 5.45. The minimum atomic E-state index is -0.316. The van der Waals surface area contributed by atoms with Gasteiger partial charge in [0, 0.05) is 25.8 Å². The van der Waals surface area contributed by atoms with E-state index in [9.17, 15) is 4.79 Å². The first-order chi connectivity index (χ1) is 17.2. The topological polar surface area (TPSA) is 88.0 Å². The van der Waals surface area contributed by atoms with E-state index in [-0.39, 0.29) is 11.1 Å². The second kappa shape index (κ2) is 10.7. The van der Waals surface area contributed by atoms with Gasteiger partial charge in [-0.3, -0.25) is 14.4 Å². The van der Waals surface area contributed by atoms with Gasteiger partial charge in [0.15, 0.2) is 0 Å². The maximum Gasteiger partial charge on any atom is 0.258 e. The lowest BCUT2D eigenvalue weighted by Crippen LogP contribution is -2.33. The molecular formula is C26H26ClN7O.